The molecule has 0 saturated carbocycles. The van der Waals surface area contributed by atoms with Crippen LogP contribution in [-0.4, -0.2) is 34.8 Å². The molecule has 2 heterocycles. The topological polar surface area (TPSA) is 47.1 Å². The Balaban J connectivity index is 1.85. The maximum atomic E-state index is 6.07. The van der Waals surface area contributed by atoms with Gasteiger partial charge >= 0.3 is 0 Å². The number of piperidine rings is 1. The Morgan fingerprint density at radius 3 is 2.53 bits per heavy atom. The summed E-state index contributed by atoms with van der Waals surface area (Å²) in [5, 5.41) is 4.51. The van der Waals surface area contributed by atoms with E-state index in [1.165, 1.54) is 0 Å². The molecule has 1 aliphatic rings. The highest BCUT2D eigenvalue weighted by atomic mass is 15.3. The molecule has 0 aliphatic carbocycles. The lowest BCUT2D eigenvalue weighted by Gasteiger charge is -2.28. The standard InChI is InChI=1S/C15H20N4/c1-18-9-7-13(8-10-18)19-11-14(15(16)17-19)12-5-3-2-4-6-12/h2-6,11,13H,7-10H2,1H3,(H2,16,17). The summed E-state index contributed by atoms with van der Waals surface area (Å²) in [5.41, 5.74) is 8.24. The highest BCUT2D eigenvalue weighted by Crippen LogP contribution is 2.28. The smallest absolute Gasteiger partial charge is 0.153 e. The summed E-state index contributed by atoms with van der Waals surface area (Å²) in [6.45, 7) is 2.26. The molecule has 2 aromatic rings. The molecule has 2 N–H and O–H groups in total. The number of nitrogens with two attached hydrogens (primary N) is 1. The van der Waals surface area contributed by atoms with Gasteiger partial charge in [0, 0.05) is 11.8 Å². The summed E-state index contributed by atoms with van der Waals surface area (Å²) in [7, 11) is 2.17. The van der Waals surface area contributed by atoms with E-state index < -0.39 is 0 Å². The zero-order chi connectivity index (χ0) is 13.2. The van der Waals surface area contributed by atoms with E-state index in [1.807, 2.05) is 18.2 Å². The Kier molecular flexibility index (Phi) is 3.25. The number of rotatable bonds is 2. The molecule has 100 valence electrons. The summed E-state index contributed by atoms with van der Waals surface area (Å²) >= 11 is 0. The van der Waals surface area contributed by atoms with Crippen molar-refractivity contribution in [3.8, 4) is 11.1 Å². The van der Waals surface area contributed by atoms with Crippen molar-refractivity contribution in [1.82, 2.24) is 14.7 Å². The van der Waals surface area contributed by atoms with Crippen LogP contribution in [0.1, 0.15) is 18.9 Å². The highest BCUT2D eigenvalue weighted by molar-refractivity contribution is 5.72. The first-order valence-corrected chi connectivity index (χ1v) is 6.82. The van der Waals surface area contributed by atoms with Crippen LogP contribution in [0.2, 0.25) is 0 Å². The Hall–Kier alpha value is -1.81. The number of aromatic nitrogens is 2. The second-order valence-electron chi connectivity index (χ2n) is 5.31. The minimum absolute atomic E-state index is 0.482. The van der Waals surface area contributed by atoms with Gasteiger partial charge in [-0.15, -0.1) is 0 Å². The van der Waals surface area contributed by atoms with Crippen LogP contribution < -0.4 is 5.73 Å². The van der Waals surface area contributed by atoms with Gasteiger partial charge in [-0.3, -0.25) is 4.68 Å². The first-order chi connectivity index (χ1) is 9.24. The zero-order valence-corrected chi connectivity index (χ0v) is 11.3. The molecule has 1 saturated heterocycles. The SMILES string of the molecule is CN1CCC(n2cc(-c3ccccc3)c(N)n2)CC1. The summed E-state index contributed by atoms with van der Waals surface area (Å²) in [6, 6.07) is 10.7. The number of hydrogen-bond donors (Lipinski definition) is 1. The molecule has 0 spiro atoms. The van der Waals surface area contributed by atoms with E-state index in [1.54, 1.807) is 0 Å². The van der Waals surface area contributed by atoms with Crippen LogP contribution in [0.4, 0.5) is 5.82 Å². The molecule has 4 heteroatoms. The van der Waals surface area contributed by atoms with Gasteiger partial charge in [-0.05, 0) is 38.5 Å². The molecule has 1 aliphatic heterocycles. The predicted octanol–water partition coefficient (Wildman–Crippen LogP) is 2.40. The summed E-state index contributed by atoms with van der Waals surface area (Å²) < 4.78 is 2.06. The average molecular weight is 256 g/mol. The molecule has 1 aromatic carbocycles. The van der Waals surface area contributed by atoms with Crippen molar-refractivity contribution in [1.29, 1.82) is 0 Å². The maximum absolute atomic E-state index is 6.07. The molecule has 1 aromatic heterocycles. The number of likely N-dealkylation sites (tertiary alicyclic amines) is 1. The molecule has 3 rings (SSSR count). The van der Waals surface area contributed by atoms with Gasteiger partial charge in [0.15, 0.2) is 5.82 Å². The van der Waals surface area contributed by atoms with E-state index in [9.17, 15) is 0 Å². The number of anilines is 1. The van der Waals surface area contributed by atoms with Gasteiger partial charge in [-0.1, -0.05) is 30.3 Å². The molecule has 19 heavy (non-hydrogen) atoms. The summed E-state index contributed by atoms with van der Waals surface area (Å²) in [5.74, 6) is 0.630. The molecule has 1 fully saturated rings. The van der Waals surface area contributed by atoms with E-state index in [4.69, 9.17) is 5.73 Å². The van der Waals surface area contributed by atoms with Crippen molar-refractivity contribution in [3.63, 3.8) is 0 Å². The first kappa shape index (κ1) is 12.2. The van der Waals surface area contributed by atoms with Gasteiger partial charge < -0.3 is 10.6 Å². The maximum Gasteiger partial charge on any atom is 0.153 e. The third-order valence-electron chi connectivity index (χ3n) is 3.91. The molecule has 4 nitrogen and oxygen atoms in total. The van der Waals surface area contributed by atoms with Gasteiger partial charge in [0.1, 0.15) is 0 Å². The van der Waals surface area contributed by atoms with Crippen molar-refractivity contribution in [2.45, 2.75) is 18.9 Å². The van der Waals surface area contributed by atoms with Crippen molar-refractivity contribution in [2.24, 2.45) is 0 Å². The second kappa shape index (κ2) is 5.05. The molecule has 0 radical (unpaired) electrons. The lowest BCUT2D eigenvalue weighted by atomic mass is 10.1. The first-order valence-electron chi connectivity index (χ1n) is 6.82. The van der Waals surface area contributed by atoms with Crippen LogP contribution in [0, 0.1) is 0 Å². The molecule has 0 atom stereocenters. The van der Waals surface area contributed by atoms with Crippen LogP contribution in [0.15, 0.2) is 36.5 Å². The Bertz CT molecular complexity index is 539. The van der Waals surface area contributed by atoms with E-state index in [-0.39, 0.29) is 0 Å². The van der Waals surface area contributed by atoms with Crippen molar-refractivity contribution >= 4 is 5.82 Å². The lowest BCUT2D eigenvalue weighted by molar-refractivity contribution is 0.212. The van der Waals surface area contributed by atoms with E-state index >= 15 is 0 Å². The van der Waals surface area contributed by atoms with Crippen LogP contribution in [0.5, 0.6) is 0 Å². The summed E-state index contributed by atoms with van der Waals surface area (Å²) in [4.78, 5) is 2.36. The zero-order valence-electron chi connectivity index (χ0n) is 11.3. The fourth-order valence-electron chi connectivity index (χ4n) is 2.69. The predicted molar refractivity (Wildman–Crippen MR) is 77.8 cm³/mol. The third kappa shape index (κ3) is 2.49. The van der Waals surface area contributed by atoms with E-state index in [0.29, 0.717) is 11.9 Å². The fraction of sp³-hybridized carbons (Fsp3) is 0.400. The largest absolute Gasteiger partial charge is 0.382 e. The van der Waals surface area contributed by atoms with Crippen LogP contribution >= 0.6 is 0 Å². The molecule has 0 amide bonds. The Morgan fingerprint density at radius 2 is 1.84 bits per heavy atom. The average Bonchev–Trinajstić information content (AvgIpc) is 2.83. The number of nitrogens with zero attached hydrogens (tertiary/aromatic N) is 3. The van der Waals surface area contributed by atoms with Crippen molar-refractivity contribution in [2.75, 3.05) is 25.9 Å². The quantitative estimate of drug-likeness (QED) is 0.897. The number of nitrogen functional groups attached to an aromatic ring is 1. The molecule has 0 bridgehead atoms. The molecular weight excluding hydrogens is 236 g/mol. The van der Waals surface area contributed by atoms with Gasteiger partial charge in [-0.25, -0.2) is 0 Å². The van der Waals surface area contributed by atoms with Gasteiger partial charge in [0.2, 0.25) is 0 Å². The third-order valence-corrected chi connectivity index (χ3v) is 3.91. The van der Waals surface area contributed by atoms with E-state index in [0.717, 1.165) is 37.1 Å². The highest BCUT2D eigenvalue weighted by Gasteiger charge is 2.20. The number of benzene rings is 1. The minimum Gasteiger partial charge on any atom is -0.382 e. The fourth-order valence-corrected chi connectivity index (χ4v) is 2.69. The van der Waals surface area contributed by atoms with E-state index in [2.05, 4.69) is 40.1 Å². The van der Waals surface area contributed by atoms with Crippen LogP contribution in [0.25, 0.3) is 11.1 Å². The second-order valence-corrected chi connectivity index (χ2v) is 5.31. The van der Waals surface area contributed by atoms with Crippen molar-refractivity contribution < 1.29 is 0 Å². The van der Waals surface area contributed by atoms with Crippen LogP contribution in [-0.2, 0) is 0 Å². The minimum atomic E-state index is 0.482. The Labute approximate surface area is 113 Å². The molecular formula is C15H20N4. The number of hydrogen-bond acceptors (Lipinski definition) is 3. The van der Waals surface area contributed by atoms with Gasteiger partial charge in [0.25, 0.3) is 0 Å². The summed E-state index contributed by atoms with van der Waals surface area (Å²) in [6.07, 6.45) is 4.39. The lowest BCUT2D eigenvalue weighted by Crippen LogP contribution is -2.31. The monoisotopic (exact) mass is 256 g/mol. The van der Waals surface area contributed by atoms with Crippen LogP contribution in [0.3, 0.4) is 0 Å². The van der Waals surface area contributed by atoms with Crippen molar-refractivity contribution in [3.05, 3.63) is 36.5 Å². The Morgan fingerprint density at radius 1 is 1.16 bits per heavy atom. The molecule has 0 unspecified atom stereocenters. The van der Waals surface area contributed by atoms with Gasteiger partial charge in [-0.2, -0.15) is 5.10 Å². The normalized spacial score (nSPS) is 17.7. The van der Waals surface area contributed by atoms with Gasteiger partial charge in [0.05, 0.1) is 6.04 Å².